The van der Waals surface area contributed by atoms with E-state index in [4.69, 9.17) is 16.3 Å². The van der Waals surface area contributed by atoms with Crippen molar-refractivity contribution in [1.82, 2.24) is 5.32 Å². The molecule has 15 heavy (non-hydrogen) atoms. The van der Waals surface area contributed by atoms with Crippen LogP contribution in [0, 0.1) is 0 Å². The molecule has 1 saturated heterocycles. The molecule has 0 amide bonds. The fourth-order valence-corrected chi connectivity index (χ4v) is 2.44. The van der Waals surface area contributed by atoms with Crippen LogP contribution in [-0.4, -0.2) is 25.3 Å². The molecule has 0 aliphatic carbocycles. The first kappa shape index (κ1) is 11.1. The van der Waals surface area contributed by atoms with E-state index in [1.54, 1.807) is 11.3 Å². The maximum Gasteiger partial charge on any atom is 0.0934 e. The van der Waals surface area contributed by atoms with Crippen LogP contribution in [-0.2, 0) is 4.74 Å². The molecule has 0 saturated carbocycles. The molecule has 0 aromatic carbocycles. The lowest BCUT2D eigenvalue weighted by Gasteiger charge is -2.26. The molecule has 4 heteroatoms. The molecular weight excluding hydrogens is 230 g/mol. The number of rotatable bonds is 2. The van der Waals surface area contributed by atoms with Crippen LogP contribution >= 0.6 is 22.9 Å². The van der Waals surface area contributed by atoms with Crippen molar-refractivity contribution in [2.24, 2.45) is 0 Å². The minimum atomic E-state index is 0.312. The number of morpholine rings is 1. The SMILES string of the molecule is CC1COCC(/C=C/c2csc(Cl)c2)N1. The highest BCUT2D eigenvalue weighted by Gasteiger charge is 2.15. The van der Waals surface area contributed by atoms with Gasteiger partial charge in [-0.15, -0.1) is 11.3 Å². The van der Waals surface area contributed by atoms with Crippen molar-refractivity contribution in [3.63, 3.8) is 0 Å². The van der Waals surface area contributed by atoms with E-state index in [2.05, 4.69) is 24.4 Å². The monoisotopic (exact) mass is 243 g/mol. The molecule has 2 nitrogen and oxygen atoms in total. The molecule has 0 spiro atoms. The van der Waals surface area contributed by atoms with Crippen LogP contribution in [0.2, 0.25) is 4.34 Å². The zero-order valence-corrected chi connectivity index (χ0v) is 10.1. The quantitative estimate of drug-likeness (QED) is 0.863. The molecule has 0 bridgehead atoms. The lowest BCUT2D eigenvalue weighted by molar-refractivity contribution is 0.0637. The van der Waals surface area contributed by atoms with E-state index in [0.717, 1.165) is 23.1 Å². The molecule has 82 valence electrons. The van der Waals surface area contributed by atoms with Crippen molar-refractivity contribution >= 4 is 29.0 Å². The van der Waals surface area contributed by atoms with Gasteiger partial charge in [-0.3, -0.25) is 0 Å². The summed E-state index contributed by atoms with van der Waals surface area (Å²) in [6, 6.07) is 2.71. The third-order valence-electron chi connectivity index (χ3n) is 2.27. The number of halogens is 1. The Bertz CT molecular complexity index is 350. The van der Waals surface area contributed by atoms with Crippen LogP contribution in [0.3, 0.4) is 0 Å². The van der Waals surface area contributed by atoms with Crippen molar-refractivity contribution in [2.45, 2.75) is 19.0 Å². The average molecular weight is 244 g/mol. The van der Waals surface area contributed by atoms with Gasteiger partial charge in [0.05, 0.1) is 17.6 Å². The molecular formula is C11H14ClNOS. The number of hydrogen-bond donors (Lipinski definition) is 1. The van der Waals surface area contributed by atoms with Gasteiger partial charge in [0.1, 0.15) is 0 Å². The maximum atomic E-state index is 5.85. The Morgan fingerprint density at radius 3 is 3.13 bits per heavy atom. The van der Waals surface area contributed by atoms with Crippen LogP contribution in [0.15, 0.2) is 17.5 Å². The number of hydrogen-bond acceptors (Lipinski definition) is 3. The van der Waals surface area contributed by atoms with Crippen molar-refractivity contribution < 1.29 is 4.74 Å². The first-order chi connectivity index (χ1) is 7.24. The molecule has 1 aromatic rings. The van der Waals surface area contributed by atoms with E-state index >= 15 is 0 Å². The molecule has 0 radical (unpaired) electrons. The predicted octanol–water partition coefficient (Wildman–Crippen LogP) is 2.79. The van der Waals surface area contributed by atoms with Gasteiger partial charge >= 0.3 is 0 Å². The highest BCUT2D eigenvalue weighted by molar-refractivity contribution is 7.14. The Kier molecular flexibility index (Phi) is 3.81. The Labute approximate surface area is 98.9 Å². The fraction of sp³-hybridized carbons (Fsp3) is 0.455. The van der Waals surface area contributed by atoms with Crippen LogP contribution in [0.1, 0.15) is 12.5 Å². The number of ether oxygens (including phenoxy) is 1. The minimum absolute atomic E-state index is 0.312. The topological polar surface area (TPSA) is 21.3 Å². The fourth-order valence-electron chi connectivity index (χ4n) is 1.58. The second-order valence-corrected chi connectivity index (χ2v) is 5.30. The van der Waals surface area contributed by atoms with Gasteiger partial charge in [-0.1, -0.05) is 23.8 Å². The summed E-state index contributed by atoms with van der Waals surface area (Å²) < 4.78 is 6.28. The van der Waals surface area contributed by atoms with E-state index in [1.165, 1.54) is 0 Å². The lowest BCUT2D eigenvalue weighted by Crippen LogP contribution is -2.46. The van der Waals surface area contributed by atoms with Gasteiger partial charge in [-0.05, 0) is 23.9 Å². The molecule has 1 N–H and O–H groups in total. The third kappa shape index (κ3) is 3.31. The van der Waals surface area contributed by atoms with Gasteiger partial charge in [0.25, 0.3) is 0 Å². The minimum Gasteiger partial charge on any atom is -0.378 e. The molecule has 1 fully saturated rings. The van der Waals surface area contributed by atoms with Crippen molar-refractivity contribution in [2.75, 3.05) is 13.2 Å². The molecule has 2 atom stereocenters. The summed E-state index contributed by atoms with van der Waals surface area (Å²) in [5.74, 6) is 0. The van der Waals surface area contributed by atoms with Crippen LogP contribution in [0.4, 0.5) is 0 Å². The summed E-state index contributed by atoms with van der Waals surface area (Å²) >= 11 is 7.40. The summed E-state index contributed by atoms with van der Waals surface area (Å²) in [5.41, 5.74) is 1.16. The van der Waals surface area contributed by atoms with E-state index < -0.39 is 0 Å². The standard InChI is InChI=1S/C11H14ClNOS/c1-8-5-14-6-10(13-8)3-2-9-4-11(12)15-7-9/h2-4,7-8,10,13H,5-6H2,1H3/b3-2+. The zero-order valence-electron chi connectivity index (χ0n) is 8.57. The smallest absolute Gasteiger partial charge is 0.0934 e. The van der Waals surface area contributed by atoms with Crippen LogP contribution in [0.25, 0.3) is 6.08 Å². The summed E-state index contributed by atoms with van der Waals surface area (Å²) in [4.78, 5) is 0. The first-order valence-corrected chi connectivity index (χ1v) is 6.26. The second-order valence-electron chi connectivity index (χ2n) is 3.75. The van der Waals surface area contributed by atoms with Gasteiger partial charge in [0, 0.05) is 12.1 Å². The lowest BCUT2D eigenvalue weighted by atomic mass is 10.2. The van der Waals surface area contributed by atoms with Crippen LogP contribution in [0.5, 0.6) is 0 Å². The largest absolute Gasteiger partial charge is 0.378 e. The molecule has 2 heterocycles. The summed E-state index contributed by atoms with van der Waals surface area (Å²) in [6.45, 7) is 3.68. The van der Waals surface area contributed by atoms with E-state index in [0.29, 0.717) is 12.1 Å². The average Bonchev–Trinajstić information content (AvgIpc) is 2.62. The van der Waals surface area contributed by atoms with E-state index in [1.807, 2.05) is 11.4 Å². The van der Waals surface area contributed by atoms with Gasteiger partial charge in [-0.2, -0.15) is 0 Å². The molecule has 1 aromatic heterocycles. The number of nitrogens with one attached hydrogen (secondary N) is 1. The normalized spacial score (nSPS) is 27.3. The van der Waals surface area contributed by atoms with Gasteiger partial charge in [0.15, 0.2) is 0 Å². The Balaban J connectivity index is 1.93. The second kappa shape index (κ2) is 5.12. The Hall–Kier alpha value is -0.350. The van der Waals surface area contributed by atoms with Crippen molar-refractivity contribution in [3.05, 3.63) is 27.4 Å². The highest BCUT2D eigenvalue weighted by Crippen LogP contribution is 2.21. The van der Waals surface area contributed by atoms with E-state index in [9.17, 15) is 0 Å². The third-order valence-corrected chi connectivity index (χ3v) is 3.38. The van der Waals surface area contributed by atoms with Crippen molar-refractivity contribution in [3.8, 4) is 0 Å². The highest BCUT2D eigenvalue weighted by atomic mass is 35.5. The first-order valence-electron chi connectivity index (χ1n) is 5.00. The molecule has 2 rings (SSSR count). The van der Waals surface area contributed by atoms with Gasteiger partial charge in [0.2, 0.25) is 0 Å². The maximum absolute atomic E-state index is 5.85. The summed E-state index contributed by atoms with van der Waals surface area (Å²) in [7, 11) is 0. The summed E-state index contributed by atoms with van der Waals surface area (Å²) in [6.07, 6.45) is 4.22. The van der Waals surface area contributed by atoms with E-state index in [-0.39, 0.29) is 0 Å². The van der Waals surface area contributed by atoms with Gasteiger partial charge < -0.3 is 10.1 Å². The molecule has 1 aliphatic rings. The van der Waals surface area contributed by atoms with Gasteiger partial charge in [-0.25, -0.2) is 0 Å². The van der Waals surface area contributed by atoms with Crippen LogP contribution < -0.4 is 5.32 Å². The molecule has 2 unspecified atom stereocenters. The predicted molar refractivity (Wildman–Crippen MR) is 65.6 cm³/mol. The zero-order chi connectivity index (χ0) is 10.7. The molecule has 1 aliphatic heterocycles. The van der Waals surface area contributed by atoms with Crippen molar-refractivity contribution in [1.29, 1.82) is 0 Å². The number of thiophene rings is 1. The Morgan fingerprint density at radius 1 is 1.60 bits per heavy atom. The Morgan fingerprint density at radius 2 is 2.47 bits per heavy atom. The summed E-state index contributed by atoms with van der Waals surface area (Å²) in [5, 5.41) is 5.50.